The highest BCUT2D eigenvalue weighted by Gasteiger charge is 2.32. The van der Waals surface area contributed by atoms with E-state index in [1.165, 1.54) is 18.7 Å². The zero-order valence-electron chi connectivity index (χ0n) is 22.9. The first-order valence-corrected chi connectivity index (χ1v) is 13.9. The Balaban J connectivity index is 1.55. The minimum absolute atomic E-state index is 0.150. The molecule has 0 radical (unpaired) electrons. The average molecular weight is 568 g/mol. The minimum Gasteiger partial charge on any atom is -0.496 e. The number of benzene rings is 3. The molecule has 0 aromatic heterocycles. The van der Waals surface area contributed by atoms with Crippen molar-refractivity contribution in [2.24, 2.45) is 5.92 Å². The van der Waals surface area contributed by atoms with E-state index in [2.05, 4.69) is 17.0 Å². The number of aryl methyl sites for hydroxylation is 1. The normalized spacial score (nSPS) is 16.2. The van der Waals surface area contributed by atoms with Gasteiger partial charge in [0.15, 0.2) is 0 Å². The Kier molecular flexibility index (Phi) is 8.50. The Morgan fingerprint density at radius 1 is 1.00 bits per heavy atom. The quantitative estimate of drug-likeness (QED) is 0.272. The second-order valence-corrected chi connectivity index (χ2v) is 10.9. The Morgan fingerprint density at radius 2 is 1.73 bits per heavy atom. The van der Waals surface area contributed by atoms with Crippen LogP contribution in [-0.4, -0.2) is 49.4 Å². The first kappa shape index (κ1) is 28.9. The fourth-order valence-electron chi connectivity index (χ4n) is 6.05. The van der Waals surface area contributed by atoms with Gasteiger partial charge in [-0.15, -0.1) is 0 Å². The Morgan fingerprint density at radius 3 is 2.39 bits per heavy atom. The zero-order chi connectivity index (χ0) is 29.1. The Labute approximate surface area is 237 Å². The van der Waals surface area contributed by atoms with Gasteiger partial charge in [0.1, 0.15) is 5.75 Å². The molecule has 216 valence electrons. The largest absolute Gasteiger partial charge is 0.496 e. The first-order valence-electron chi connectivity index (χ1n) is 13.9. The predicted molar refractivity (Wildman–Crippen MR) is 151 cm³/mol. The summed E-state index contributed by atoms with van der Waals surface area (Å²) in [4.78, 5) is 14.0. The van der Waals surface area contributed by atoms with Crippen LogP contribution in [0, 0.1) is 5.92 Å². The number of carboxylic acids is 1. The van der Waals surface area contributed by atoms with Gasteiger partial charge in [-0.3, -0.25) is 4.39 Å². The second-order valence-electron chi connectivity index (χ2n) is 10.9. The van der Waals surface area contributed by atoms with Crippen LogP contribution in [-0.2, 0) is 19.0 Å². The number of fused-ring (bicyclic) bond motifs is 1. The Hall–Kier alpha value is -3.65. The third kappa shape index (κ3) is 6.32. The van der Waals surface area contributed by atoms with Crippen LogP contribution in [0.5, 0.6) is 5.75 Å². The van der Waals surface area contributed by atoms with Crippen LogP contribution in [0.4, 0.5) is 17.6 Å². The van der Waals surface area contributed by atoms with Gasteiger partial charge < -0.3 is 14.7 Å². The molecule has 1 saturated heterocycles. The number of hydrogen-bond donors (Lipinski definition) is 1. The van der Waals surface area contributed by atoms with Crippen molar-refractivity contribution in [1.82, 2.24) is 4.90 Å². The number of methoxy groups -OCH3 is 1. The maximum Gasteiger partial charge on any atom is 0.416 e. The fourth-order valence-corrected chi connectivity index (χ4v) is 6.05. The molecule has 0 amide bonds. The van der Waals surface area contributed by atoms with Gasteiger partial charge in [-0.25, -0.2) is 4.79 Å². The van der Waals surface area contributed by atoms with E-state index in [1.807, 2.05) is 18.2 Å². The van der Waals surface area contributed by atoms with E-state index in [-0.39, 0.29) is 18.0 Å². The van der Waals surface area contributed by atoms with Crippen LogP contribution in [0.2, 0.25) is 0 Å². The number of nitrogens with zero attached hydrogens (tertiary/aromatic N) is 1. The number of hydrogen-bond acceptors (Lipinski definition) is 3. The van der Waals surface area contributed by atoms with Gasteiger partial charge >= 0.3 is 12.1 Å². The van der Waals surface area contributed by atoms with E-state index < -0.39 is 17.7 Å². The maximum absolute atomic E-state index is 13.5. The lowest BCUT2D eigenvalue weighted by Gasteiger charge is -2.39. The number of ether oxygens (including phenoxy) is 1. The number of aromatic carboxylic acids is 1. The molecule has 1 aliphatic heterocycles. The summed E-state index contributed by atoms with van der Waals surface area (Å²) < 4.78 is 58.4. The van der Waals surface area contributed by atoms with Crippen molar-refractivity contribution >= 4 is 17.1 Å². The van der Waals surface area contributed by atoms with E-state index in [9.17, 15) is 27.5 Å². The summed E-state index contributed by atoms with van der Waals surface area (Å²) >= 11 is 0. The van der Waals surface area contributed by atoms with E-state index in [4.69, 9.17) is 4.74 Å². The molecule has 0 bridgehead atoms. The summed E-state index contributed by atoms with van der Waals surface area (Å²) in [5.41, 5.74) is 5.64. The lowest BCUT2D eigenvalue weighted by molar-refractivity contribution is -0.137. The van der Waals surface area contributed by atoms with Crippen LogP contribution in [0.25, 0.3) is 11.1 Å². The van der Waals surface area contributed by atoms with Crippen molar-refractivity contribution in [2.75, 3.05) is 33.4 Å². The summed E-state index contributed by atoms with van der Waals surface area (Å²) in [5.74, 6) is -0.327. The van der Waals surface area contributed by atoms with Gasteiger partial charge in [0, 0.05) is 25.2 Å². The topological polar surface area (TPSA) is 49.8 Å². The molecular weight excluding hydrogens is 534 g/mol. The molecule has 1 N–H and O–H groups in total. The van der Waals surface area contributed by atoms with Gasteiger partial charge in [0.25, 0.3) is 0 Å². The van der Waals surface area contributed by atoms with Crippen LogP contribution in [0.3, 0.4) is 0 Å². The van der Waals surface area contributed by atoms with E-state index in [0.29, 0.717) is 37.2 Å². The van der Waals surface area contributed by atoms with Crippen LogP contribution in [0.1, 0.15) is 63.0 Å². The number of likely N-dealkylation sites (tertiary alicyclic amines) is 1. The second kappa shape index (κ2) is 12.1. The highest BCUT2D eigenvalue weighted by molar-refractivity contribution is 6.01. The number of halogens is 4. The molecule has 41 heavy (non-hydrogen) atoms. The molecule has 0 atom stereocenters. The minimum atomic E-state index is -4.49. The molecule has 4 nitrogen and oxygen atoms in total. The molecule has 1 aliphatic carbocycles. The molecule has 0 saturated carbocycles. The third-order valence-electron chi connectivity index (χ3n) is 8.06. The predicted octanol–water partition coefficient (Wildman–Crippen LogP) is 7.54. The maximum atomic E-state index is 13.5. The smallest absolute Gasteiger partial charge is 0.416 e. The van der Waals surface area contributed by atoms with Crippen LogP contribution < -0.4 is 4.74 Å². The summed E-state index contributed by atoms with van der Waals surface area (Å²) in [6.07, 6.45) is -1.07. The lowest BCUT2D eigenvalue weighted by Crippen LogP contribution is -2.47. The number of carboxylic acid groups (broad SMARTS) is 1. The monoisotopic (exact) mass is 567 g/mol. The van der Waals surface area contributed by atoms with Crippen LogP contribution >= 0.6 is 0 Å². The summed E-state index contributed by atoms with van der Waals surface area (Å²) in [6, 6.07) is 16.9. The highest BCUT2D eigenvalue weighted by atomic mass is 19.4. The van der Waals surface area contributed by atoms with Gasteiger partial charge in [-0.2, -0.15) is 13.2 Å². The molecule has 1 heterocycles. The SMILES string of the molecule is COc1cc(C(F)(F)F)ccc1C1=C(c2ccc(CC3CN(CCCF)C3)cc2)c2ccc(C(=O)O)cc2CCC1. The van der Waals surface area contributed by atoms with Gasteiger partial charge in [-0.05, 0) is 95.7 Å². The number of alkyl halides is 4. The van der Waals surface area contributed by atoms with Crippen molar-refractivity contribution in [3.8, 4) is 5.75 Å². The van der Waals surface area contributed by atoms with Gasteiger partial charge in [0.2, 0.25) is 0 Å². The standard InChI is InChI=1S/C33H33F4NO3/c1-41-30-18-26(33(35,36)37)11-13-28(30)29-5-2-4-24-17-25(32(39)40)10-12-27(24)31(29)23-8-6-21(7-9-23)16-22-19-38(20-22)15-3-14-34/h6-13,17-18,22H,2-5,14-16,19-20H2,1H3,(H,39,40). The van der Waals surface area contributed by atoms with Crippen molar-refractivity contribution in [3.05, 3.63) is 99.6 Å². The summed E-state index contributed by atoms with van der Waals surface area (Å²) in [5, 5.41) is 9.58. The number of allylic oxidation sites excluding steroid dienone is 1. The Bertz CT molecular complexity index is 1440. The van der Waals surface area contributed by atoms with Crippen molar-refractivity contribution in [3.63, 3.8) is 0 Å². The van der Waals surface area contributed by atoms with Crippen molar-refractivity contribution in [1.29, 1.82) is 0 Å². The van der Waals surface area contributed by atoms with Crippen LogP contribution in [0.15, 0.2) is 60.7 Å². The van der Waals surface area contributed by atoms with E-state index in [1.54, 1.807) is 12.1 Å². The molecule has 3 aromatic carbocycles. The van der Waals surface area contributed by atoms with Crippen molar-refractivity contribution in [2.45, 2.75) is 38.3 Å². The average Bonchev–Trinajstić information content (AvgIpc) is 3.12. The molecule has 1 fully saturated rings. The summed E-state index contributed by atoms with van der Waals surface area (Å²) in [7, 11) is 1.37. The molecule has 5 rings (SSSR count). The molecular formula is C33H33F4NO3. The molecule has 3 aromatic rings. The van der Waals surface area contributed by atoms with Gasteiger partial charge in [-0.1, -0.05) is 36.4 Å². The summed E-state index contributed by atoms with van der Waals surface area (Å²) in [6.45, 7) is 2.42. The molecule has 0 spiro atoms. The number of carbonyl (C=O) groups is 1. The fraction of sp³-hybridized carbons (Fsp3) is 0.364. The molecule has 8 heteroatoms. The van der Waals surface area contributed by atoms with Crippen molar-refractivity contribution < 1.29 is 32.2 Å². The first-order chi connectivity index (χ1) is 19.7. The molecule has 2 aliphatic rings. The van der Waals surface area contributed by atoms with E-state index in [0.717, 1.165) is 66.0 Å². The van der Waals surface area contributed by atoms with Gasteiger partial charge in [0.05, 0.1) is 24.9 Å². The van der Waals surface area contributed by atoms with E-state index >= 15 is 0 Å². The highest BCUT2D eigenvalue weighted by Crippen LogP contribution is 2.44. The zero-order valence-corrected chi connectivity index (χ0v) is 22.9. The third-order valence-corrected chi connectivity index (χ3v) is 8.06. The number of rotatable bonds is 9. The molecule has 0 unspecified atom stereocenters. The lowest BCUT2D eigenvalue weighted by atomic mass is 9.85.